The monoisotopic (exact) mass is 260 g/mol. The lowest BCUT2D eigenvalue weighted by Gasteiger charge is -2.27. The zero-order valence-electron chi connectivity index (χ0n) is 11.2. The van der Waals surface area contributed by atoms with Crippen molar-refractivity contribution in [1.29, 1.82) is 0 Å². The van der Waals surface area contributed by atoms with E-state index in [1.54, 1.807) is 0 Å². The summed E-state index contributed by atoms with van der Waals surface area (Å²) < 4.78 is 5.45. The molecule has 0 spiro atoms. The van der Waals surface area contributed by atoms with Gasteiger partial charge in [-0.05, 0) is 37.5 Å². The Balaban J connectivity index is 1.84. The van der Waals surface area contributed by atoms with Crippen LogP contribution in [0.15, 0.2) is 24.3 Å². The molecule has 0 aromatic heterocycles. The first-order valence-electron chi connectivity index (χ1n) is 7.00. The molecule has 0 bridgehead atoms. The van der Waals surface area contributed by atoms with Crippen LogP contribution in [-0.4, -0.2) is 29.5 Å². The van der Waals surface area contributed by atoms with E-state index in [0.29, 0.717) is 19.1 Å². The summed E-state index contributed by atoms with van der Waals surface area (Å²) in [5, 5.41) is 0. The molecule has 0 radical (unpaired) electrons. The first-order valence-corrected chi connectivity index (χ1v) is 7.00. The van der Waals surface area contributed by atoms with Gasteiger partial charge in [0.25, 0.3) is 0 Å². The summed E-state index contributed by atoms with van der Waals surface area (Å²) in [6, 6.07) is 8.34. The Labute approximate surface area is 113 Å². The molecule has 1 saturated heterocycles. The van der Waals surface area contributed by atoms with Crippen molar-refractivity contribution in [2.75, 3.05) is 6.61 Å². The van der Waals surface area contributed by atoms with Crippen molar-refractivity contribution in [1.82, 2.24) is 4.90 Å². The number of ether oxygens (including phenoxy) is 1. The smallest absolute Gasteiger partial charge is 0.225 e. The van der Waals surface area contributed by atoms with E-state index < -0.39 is 0 Å². The minimum atomic E-state index is -0.0916. The molecule has 2 N–H and O–H groups in total. The molecule has 3 rings (SSSR count). The molecule has 4 nitrogen and oxygen atoms in total. The summed E-state index contributed by atoms with van der Waals surface area (Å²) in [6.45, 7) is 2.63. The normalized spacial score (nSPS) is 26.8. The third-order valence-electron chi connectivity index (χ3n) is 3.88. The van der Waals surface area contributed by atoms with Gasteiger partial charge >= 0.3 is 0 Å². The van der Waals surface area contributed by atoms with E-state index in [9.17, 15) is 4.79 Å². The fraction of sp³-hybridized carbons (Fsp3) is 0.533. The van der Waals surface area contributed by atoms with E-state index in [1.807, 2.05) is 36.1 Å². The Morgan fingerprint density at radius 2 is 2.00 bits per heavy atom. The Morgan fingerprint density at radius 3 is 2.58 bits per heavy atom. The fourth-order valence-electron chi connectivity index (χ4n) is 2.90. The molecule has 1 aliphatic heterocycles. The molecular formula is C15H20N2O2. The molecule has 2 unspecified atom stereocenters. The van der Waals surface area contributed by atoms with E-state index in [4.69, 9.17) is 10.5 Å². The fourth-order valence-corrected chi connectivity index (χ4v) is 2.90. The minimum Gasteiger partial charge on any atom is -0.494 e. The highest BCUT2D eigenvalue weighted by Crippen LogP contribution is 2.41. The second kappa shape index (κ2) is 4.85. The molecule has 4 heteroatoms. The van der Waals surface area contributed by atoms with E-state index in [-0.39, 0.29) is 18.0 Å². The number of hydrogen-bond donors (Lipinski definition) is 1. The number of nitrogens with two attached hydrogens (primary N) is 1. The predicted octanol–water partition coefficient (Wildman–Crippen LogP) is 1.85. The third kappa shape index (κ3) is 2.32. The molecule has 1 aromatic carbocycles. The number of carbonyl (C=O) groups excluding carboxylic acids is 1. The SMILES string of the molecule is CCOc1ccc(C2C(N)CC(=O)N2C2CC2)cc1. The Bertz CT molecular complexity index is 468. The second-order valence-corrected chi connectivity index (χ2v) is 5.35. The number of benzene rings is 1. The summed E-state index contributed by atoms with van der Waals surface area (Å²) in [6.07, 6.45) is 2.70. The summed E-state index contributed by atoms with van der Waals surface area (Å²) in [5.74, 6) is 1.07. The summed E-state index contributed by atoms with van der Waals surface area (Å²) in [5.41, 5.74) is 7.28. The van der Waals surface area contributed by atoms with Crippen LogP contribution in [0.3, 0.4) is 0 Å². The van der Waals surface area contributed by atoms with Gasteiger partial charge in [-0.15, -0.1) is 0 Å². The topological polar surface area (TPSA) is 55.6 Å². The lowest BCUT2D eigenvalue weighted by atomic mass is 10.0. The lowest BCUT2D eigenvalue weighted by molar-refractivity contribution is -0.129. The minimum absolute atomic E-state index is 0.0377. The largest absolute Gasteiger partial charge is 0.494 e. The summed E-state index contributed by atoms with van der Waals surface area (Å²) in [7, 11) is 0. The molecule has 2 fully saturated rings. The van der Waals surface area contributed by atoms with Crippen molar-refractivity contribution in [3.05, 3.63) is 29.8 Å². The van der Waals surface area contributed by atoms with Crippen molar-refractivity contribution in [3.8, 4) is 5.75 Å². The van der Waals surface area contributed by atoms with Crippen molar-refractivity contribution < 1.29 is 9.53 Å². The van der Waals surface area contributed by atoms with Gasteiger partial charge in [-0.2, -0.15) is 0 Å². The maximum absolute atomic E-state index is 12.0. The van der Waals surface area contributed by atoms with Gasteiger partial charge in [0.1, 0.15) is 5.75 Å². The van der Waals surface area contributed by atoms with E-state index in [2.05, 4.69) is 0 Å². The van der Waals surface area contributed by atoms with Crippen molar-refractivity contribution in [3.63, 3.8) is 0 Å². The van der Waals surface area contributed by atoms with E-state index in [0.717, 1.165) is 24.2 Å². The zero-order valence-corrected chi connectivity index (χ0v) is 11.2. The van der Waals surface area contributed by atoms with E-state index >= 15 is 0 Å². The van der Waals surface area contributed by atoms with Gasteiger partial charge in [-0.3, -0.25) is 4.79 Å². The second-order valence-electron chi connectivity index (χ2n) is 5.35. The number of likely N-dealkylation sites (tertiary alicyclic amines) is 1. The number of carbonyl (C=O) groups is 1. The molecule has 19 heavy (non-hydrogen) atoms. The highest BCUT2D eigenvalue weighted by Gasteiger charge is 2.45. The average molecular weight is 260 g/mol. The summed E-state index contributed by atoms with van der Waals surface area (Å²) >= 11 is 0. The number of amides is 1. The highest BCUT2D eigenvalue weighted by molar-refractivity contribution is 5.81. The van der Waals surface area contributed by atoms with Crippen LogP contribution >= 0.6 is 0 Å². The Morgan fingerprint density at radius 1 is 1.32 bits per heavy atom. The number of nitrogens with zero attached hydrogens (tertiary/aromatic N) is 1. The van der Waals surface area contributed by atoms with Crippen LogP contribution in [0.1, 0.15) is 37.8 Å². The average Bonchev–Trinajstić information content (AvgIpc) is 3.17. The van der Waals surface area contributed by atoms with Crippen molar-refractivity contribution >= 4 is 5.91 Å². The van der Waals surface area contributed by atoms with Crippen LogP contribution in [-0.2, 0) is 4.79 Å². The van der Waals surface area contributed by atoms with Gasteiger partial charge in [0.15, 0.2) is 0 Å². The number of rotatable bonds is 4. The molecule has 1 aliphatic carbocycles. The Hall–Kier alpha value is -1.55. The quantitative estimate of drug-likeness (QED) is 0.899. The van der Waals surface area contributed by atoms with Crippen LogP contribution in [0.5, 0.6) is 5.75 Å². The highest BCUT2D eigenvalue weighted by atomic mass is 16.5. The van der Waals surface area contributed by atoms with Gasteiger partial charge in [0, 0.05) is 18.5 Å². The number of hydrogen-bond acceptors (Lipinski definition) is 3. The molecule has 1 heterocycles. The van der Waals surface area contributed by atoms with Crippen LogP contribution < -0.4 is 10.5 Å². The van der Waals surface area contributed by atoms with E-state index in [1.165, 1.54) is 0 Å². The molecular weight excluding hydrogens is 240 g/mol. The summed E-state index contributed by atoms with van der Waals surface area (Å²) in [4.78, 5) is 14.0. The van der Waals surface area contributed by atoms with Gasteiger partial charge in [-0.25, -0.2) is 0 Å². The van der Waals surface area contributed by atoms with Crippen LogP contribution in [0.25, 0.3) is 0 Å². The standard InChI is InChI=1S/C15H20N2O2/c1-2-19-12-7-3-10(4-8-12)15-13(16)9-14(18)17(15)11-5-6-11/h3-4,7-8,11,13,15H,2,5-6,9,16H2,1H3. The van der Waals surface area contributed by atoms with Gasteiger partial charge in [0.2, 0.25) is 5.91 Å². The molecule has 1 saturated carbocycles. The predicted molar refractivity (Wildman–Crippen MR) is 72.8 cm³/mol. The Kier molecular flexibility index (Phi) is 3.19. The molecule has 1 aromatic rings. The third-order valence-corrected chi connectivity index (χ3v) is 3.88. The van der Waals surface area contributed by atoms with Crippen molar-refractivity contribution in [2.45, 2.75) is 44.3 Å². The molecule has 2 atom stereocenters. The molecule has 1 amide bonds. The maximum atomic E-state index is 12.0. The van der Waals surface area contributed by atoms with Crippen molar-refractivity contribution in [2.24, 2.45) is 5.73 Å². The zero-order chi connectivity index (χ0) is 13.4. The van der Waals surface area contributed by atoms with Gasteiger partial charge < -0.3 is 15.4 Å². The van der Waals surface area contributed by atoms with Crippen LogP contribution in [0.4, 0.5) is 0 Å². The first-order chi connectivity index (χ1) is 9.20. The first kappa shape index (κ1) is 12.5. The molecule has 102 valence electrons. The van der Waals surface area contributed by atoms with Crippen LogP contribution in [0, 0.1) is 0 Å². The van der Waals surface area contributed by atoms with Gasteiger partial charge in [0.05, 0.1) is 12.6 Å². The maximum Gasteiger partial charge on any atom is 0.225 e. The van der Waals surface area contributed by atoms with Gasteiger partial charge in [-0.1, -0.05) is 12.1 Å². The lowest BCUT2D eigenvalue weighted by Crippen LogP contribution is -2.34. The molecule has 2 aliphatic rings. The van der Waals surface area contributed by atoms with Crippen LogP contribution in [0.2, 0.25) is 0 Å².